The molecule has 0 aromatic heterocycles. The maximum atomic E-state index is 11.2. The highest BCUT2D eigenvalue weighted by Gasteiger charge is 2.19. The van der Waals surface area contributed by atoms with Crippen molar-refractivity contribution in [3.8, 4) is 0 Å². The second-order valence-electron chi connectivity index (χ2n) is 3.96. The van der Waals surface area contributed by atoms with Crippen molar-refractivity contribution in [2.45, 2.75) is 30.6 Å². The van der Waals surface area contributed by atoms with E-state index >= 15 is 0 Å². The minimum atomic E-state index is -4.35. The molecule has 2 rings (SSSR count). The Labute approximate surface area is 98.6 Å². The number of nitrogens with zero attached hydrogens (tertiary/aromatic N) is 3. The van der Waals surface area contributed by atoms with Crippen LogP contribution in [0.1, 0.15) is 24.0 Å². The second kappa shape index (κ2) is 4.37. The van der Waals surface area contributed by atoms with E-state index in [1.165, 1.54) is 6.07 Å². The summed E-state index contributed by atoms with van der Waals surface area (Å²) in [6.45, 7) is 0. The van der Waals surface area contributed by atoms with Gasteiger partial charge in [-0.2, -0.15) is 8.42 Å². The molecule has 0 saturated heterocycles. The predicted octanol–water partition coefficient (Wildman–Crippen LogP) is 2.75. The minimum absolute atomic E-state index is 0.0318. The van der Waals surface area contributed by atoms with Crippen molar-refractivity contribution in [2.75, 3.05) is 0 Å². The molecule has 1 aliphatic carbocycles. The molecule has 0 aliphatic heterocycles. The molecule has 0 bridgehead atoms. The molecule has 0 unspecified atom stereocenters. The third kappa shape index (κ3) is 2.41. The first-order valence-corrected chi connectivity index (χ1v) is 6.65. The van der Waals surface area contributed by atoms with Crippen LogP contribution in [0, 0.1) is 0 Å². The van der Waals surface area contributed by atoms with Crippen LogP contribution in [0.3, 0.4) is 0 Å². The summed E-state index contributed by atoms with van der Waals surface area (Å²) < 4.78 is 31.5. The molecule has 1 aliphatic rings. The van der Waals surface area contributed by atoms with E-state index < -0.39 is 10.1 Å². The van der Waals surface area contributed by atoms with Gasteiger partial charge in [-0.3, -0.25) is 4.55 Å². The van der Waals surface area contributed by atoms with Gasteiger partial charge in [0.1, 0.15) is 4.90 Å². The van der Waals surface area contributed by atoms with E-state index in [1.54, 1.807) is 6.07 Å². The number of aryl methyl sites for hydroxylation is 2. The van der Waals surface area contributed by atoms with Gasteiger partial charge >= 0.3 is 0 Å². The molecule has 6 nitrogen and oxygen atoms in total. The van der Waals surface area contributed by atoms with Gasteiger partial charge < -0.3 is 0 Å². The number of hydrogen-bond acceptors (Lipinski definition) is 3. The minimum Gasteiger partial charge on any atom is -0.282 e. The van der Waals surface area contributed by atoms with Gasteiger partial charge in [0.15, 0.2) is 0 Å². The summed E-state index contributed by atoms with van der Waals surface area (Å²) in [4.78, 5) is 2.27. The van der Waals surface area contributed by atoms with Gasteiger partial charge in [0, 0.05) is 4.91 Å². The van der Waals surface area contributed by atoms with Gasteiger partial charge in [-0.25, -0.2) is 0 Å². The van der Waals surface area contributed by atoms with Gasteiger partial charge in [0.2, 0.25) is 0 Å². The van der Waals surface area contributed by atoms with Crippen LogP contribution in [-0.2, 0) is 23.0 Å². The zero-order chi connectivity index (χ0) is 12.5. The van der Waals surface area contributed by atoms with Crippen LogP contribution in [0.15, 0.2) is 22.1 Å². The van der Waals surface area contributed by atoms with Crippen molar-refractivity contribution in [2.24, 2.45) is 5.11 Å². The second-order valence-corrected chi connectivity index (χ2v) is 5.35. The third-order valence-electron chi connectivity index (χ3n) is 2.85. The number of hydrogen-bond donors (Lipinski definition) is 1. The van der Waals surface area contributed by atoms with Crippen LogP contribution in [0.5, 0.6) is 0 Å². The highest BCUT2D eigenvalue weighted by atomic mass is 32.2. The SMILES string of the molecule is [N-]=[N+]=Nc1cc2c(cc1S(=O)(=O)O)CCCC2. The molecule has 0 fully saturated rings. The molecule has 1 aromatic rings. The molecule has 0 atom stereocenters. The first kappa shape index (κ1) is 11.9. The summed E-state index contributed by atoms with van der Waals surface area (Å²) in [7, 11) is -4.35. The largest absolute Gasteiger partial charge is 0.294 e. The molecular weight excluding hydrogens is 242 g/mol. The zero-order valence-corrected chi connectivity index (χ0v) is 9.81. The fourth-order valence-electron chi connectivity index (χ4n) is 2.08. The van der Waals surface area contributed by atoms with Crippen molar-refractivity contribution < 1.29 is 13.0 Å². The van der Waals surface area contributed by atoms with Crippen LogP contribution < -0.4 is 0 Å². The number of benzene rings is 1. The summed E-state index contributed by atoms with van der Waals surface area (Å²) >= 11 is 0. The molecule has 90 valence electrons. The van der Waals surface area contributed by atoms with Crippen LogP contribution in [0.2, 0.25) is 0 Å². The van der Waals surface area contributed by atoms with Gasteiger partial charge in [-0.05, 0) is 54.5 Å². The van der Waals surface area contributed by atoms with Crippen molar-refractivity contribution in [1.29, 1.82) is 0 Å². The lowest BCUT2D eigenvalue weighted by Crippen LogP contribution is -2.06. The number of azide groups is 1. The van der Waals surface area contributed by atoms with E-state index in [9.17, 15) is 8.42 Å². The quantitative estimate of drug-likeness (QED) is 0.379. The lowest BCUT2D eigenvalue weighted by atomic mass is 9.91. The Hall–Kier alpha value is -1.56. The molecular formula is C10H11N3O3S. The average molecular weight is 253 g/mol. The first-order chi connectivity index (χ1) is 8.02. The van der Waals surface area contributed by atoms with Crippen molar-refractivity contribution in [1.82, 2.24) is 0 Å². The Kier molecular flexibility index (Phi) is 3.06. The van der Waals surface area contributed by atoms with Crippen LogP contribution in [0.25, 0.3) is 10.4 Å². The Bertz CT molecular complexity index is 603. The molecule has 1 N–H and O–H groups in total. The van der Waals surface area contributed by atoms with Crippen LogP contribution >= 0.6 is 0 Å². The van der Waals surface area contributed by atoms with E-state index in [0.29, 0.717) is 0 Å². The topological polar surface area (TPSA) is 103 Å². The summed E-state index contributed by atoms with van der Waals surface area (Å²) in [5, 5.41) is 3.32. The van der Waals surface area contributed by atoms with E-state index in [-0.39, 0.29) is 10.6 Å². The normalized spacial score (nSPS) is 14.9. The Balaban J connectivity index is 2.68. The fourth-order valence-corrected chi connectivity index (χ4v) is 2.74. The smallest absolute Gasteiger partial charge is 0.282 e. The number of rotatable bonds is 2. The van der Waals surface area contributed by atoms with Gasteiger partial charge in [-0.1, -0.05) is 5.11 Å². The molecule has 0 heterocycles. The Morgan fingerprint density at radius 2 is 1.82 bits per heavy atom. The lowest BCUT2D eigenvalue weighted by molar-refractivity contribution is 0.483. The molecule has 0 amide bonds. The van der Waals surface area contributed by atoms with E-state index in [0.717, 1.165) is 36.8 Å². The van der Waals surface area contributed by atoms with E-state index in [1.807, 2.05) is 0 Å². The Morgan fingerprint density at radius 1 is 1.24 bits per heavy atom. The molecule has 0 saturated carbocycles. The summed E-state index contributed by atoms with van der Waals surface area (Å²) in [5.41, 5.74) is 10.3. The van der Waals surface area contributed by atoms with Crippen molar-refractivity contribution in [3.05, 3.63) is 33.7 Å². The molecule has 0 radical (unpaired) electrons. The van der Waals surface area contributed by atoms with E-state index in [2.05, 4.69) is 10.0 Å². The lowest BCUT2D eigenvalue weighted by Gasteiger charge is -2.17. The predicted molar refractivity (Wildman–Crippen MR) is 61.7 cm³/mol. The summed E-state index contributed by atoms with van der Waals surface area (Å²) in [6, 6.07) is 2.96. The monoisotopic (exact) mass is 253 g/mol. The molecule has 1 aromatic carbocycles. The zero-order valence-electron chi connectivity index (χ0n) is 9.00. The maximum absolute atomic E-state index is 11.2. The highest BCUT2D eigenvalue weighted by molar-refractivity contribution is 7.86. The van der Waals surface area contributed by atoms with Gasteiger partial charge in [0.25, 0.3) is 10.1 Å². The fraction of sp³-hybridized carbons (Fsp3) is 0.400. The standard InChI is InChI=1S/C10H11N3O3S/c11-13-12-9-5-7-3-1-2-4-8(7)6-10(9)17(14,15)16/h5-6H,1-4H2,(H,14,15,16). The third-order valence-corrected chi connectivity index (χ3v) is 3.74. The number of fused-ring (bicyclic) bond motifs is 1. The van der Waals surface area contributed by atoms with Crippen LogP contribution in [-0.4, -0.2) is 13.0 Å². The molecule has 17 heavy (non-hydrogen) atoms. The average Bonchev–Trinajstić information content (AvgIpc) is 2.27. The van der Waals surface area contributed by atoms with Crippen molar-refractivity contribution >= 4 is 15.8 Å². The first-order valence-electron chi connectivity index (χ1n) is 5.21. The maximum Gasteiger partial charge on any atom is 0.294 e. The molecule has 7 heteroatoms. The van der Waals surface area contributed by atoms with Crippen molar-refractivity contribution in [3.63, 3.8) is 0 Å². The Morgan fingerprint density at radius 3 is 2.35 bits per heavy atom. The van der Waals surface area contributed by atoms with Crippen LogP contribution in [0.4, 0.5) is 5.69 Å². The summed E-state index contributed by atoms with van der Waals surface area (Å²) in [5.74, 6) is 0. The van der Waals surface area contributed by atoms with Gasteiger partial charge in [-0.15, -0.1) is 0 Å². The summed E-state index contributed by atoms with van der Waals surface area (Å²) in [6.07, 6.45) is 3.66. The van der Waals surface area contributed by atoms with Gasteiger partial charge in [0.05, 0.1) is 5.69 Å². The highest BCUT2D eigenvalue weighted by Crippen LogP contribution is 2.32. The molecule has 0 spiro atoms. The van der Waals surface area contributed by atoms with E-state index in [4.69, 9.17) is 10.1 Å².